The second-order valence-electron chi connectivity index (χ2n) is 2.62. The molecule has 80 valence electrons. The first-order valence-electron chi connectivity index (χ1n) is 4.00. The van der Waals surface area contributed by atoms with Crippen LogP contribution in [0.25, 0.3) is 0 Å². The van der Waals surface area contributed by atoms with E-state index in [9.17, 15) is 4.79 Å². The second-order valence-corrected chi connectivity index (χ2v) is 4.18. The summed E-state index contributed by atoms with van der Waals surface area (Å²) in [5.41, 5.74) is 1.68. The number of benzene rings is 1. The van der Waals surface area contributed by atoms with E-state index in [1.807, 2.05) is 0 Å². The molecule has 0 fully saturated rings. The summed E-state index contributed by atoms with van der Waals surface area (Å²) in [6.07, 6.45) is 0.721. The largest absolute Gasteiger partial charge is 0.486 e. The quantitative estimate of drug-likeness (QED) is 0.787. The van der Waals surface area contributed by atoms with Crippen molar-refractivity contribution in [3.8, 4) is 5.75 Å². The molecular weight excluding hydrogens is 303 g/mol. The predicted molar refractivity (Wildman–Crippen MR) is 64.8 cm³/mol. The van der Waals surface area contributed by atoms with Crippen LogP contribution >= 0.6 is 39.1 Å². The molecule has 0 aliphatic carbocycles. The molecule has 0 N–H and O–H groups in total. The van der Waals surface area contributed by atoms with Crippen LogP contribution in [0, 0.1) is 0 Å². The van der Waals surface area contributed by atoms with Crippen LogP contribution in [0.1, 0.15) is 10.4 Å². The fourth-order valence-corrected chi connectivity index (χ4v) is 1.56. The third-order valence-corrected chi connectivity index (χ3v) is 2.81. The second kappa shape index (κ2) is 6.16. The van der Waals surface area contributed by atoms with Crippen LogP contribution in [0.15, 0.2) is 33.2 Å². The number of aldehydes is 1. The Morgan fingerprint density at radius 2 is 2.27 bits per heavy atom. The number of halogens is 3. The van der Waals surface area contributed by atoms with Crippen molar-refractivity contribution in [2.75, 3.05) is 6.61 Å². The first-order chi connectivity index (χ1) is 7.19. The topological polar surface area (TPSA) is 26.3 Å². The third kappa shape index (κ3) is 3.52. The Kier molecular flexibility index (Phi) is 5.15. The Morgan fingerprint density at radius 1 is 1.53 bits per heavy atom. The summed E-state index contributed by atoms with van der Waals surface area (Å²) in [5, 5.41) is 0.365. The van der Waals surface area contributed by atoms with Gasteiger partial charge in [0.1, 0.15) is 12.4 Å². The lowest BCUT2D eigenvalue weighted by Crippen LogP contribution is -2.00. The molecule has 0 saturated carbocycles. The van der Waals surface area contributed by atoms with Crippen molar-refractivity contribution in [2.45, 2.75) is 0 Å². The van der Waals surface area contributed by atoms with Gasteiger partial charge in [-0.05, 0) is 28.1 Å². The van der Waals surface area contributed by atoms with E-state index in [4.69, 9.17) is 27.9 Å². The van der Waals surface area contributed by atoms with Crippen LogP contribution in [0.2, 0.25) is 0 Å². The molecule has 0 saturated heterocycles. The molecule has 0 amide bonds. The van der Waals surface area contributed by atoms with Gasteiger partial charge < -0.3 is 4.74 Å². The smallest absolute Gasteiger partial charge is 0.153 e. The molecule has 1 aromatic carbocycles. The lowest BCUT2D eigenvalue weighted by Gasteiger charge is -2.09. The number of carbonyl (C=O) groups is 1. The van der Waals surface area contributed by atoms with Crippen molar-refractivity contribution >= 4 is 45.4 Å². The molecule has 5 heteroatoms. The Hall–Kier alpha value is -0.510. The SMILES string of the molecule is O=Cc1cccc(Br)c1OCC(Cl)=CCl. The van der Waals surface area contributed by atoms with Gasteiger partial charge in [-0.3, -0.25) is 4.79 Å². The maximum atomic E-state index is 10.7. The number of para-hydroxylation sites is 1. The number of rotatable bonds is 4. The van der Waals surface area contributed by atoms with Gasteiger partial charge in [-0.15, -0.1) is 0 Å². The maximum Gasteiger partial charge on any atom is 0.153 e. The molecule has 0 spiro atoms. The molecule has 0 aliphatic heterocycles. The molecule has 0 bridgehead atoms. The number of hydrogen-bond donors (Lipinski definition) is 0. The van der Waals surface area contributed by atoms with Gasteiger partial charge in [0.15, 0.2) is 6.29 Å². The molecule has 0 aliphatic rings. The number of hydrogen-bond acceptors (Lipinski definition) is 2. The predicted octanol–water partition coefficient (Wildman–Crippen LogP) is 3.96. The third-order valence-electron chi connectivity index (χ3n) is 1.60. The van der Waals surface area contributed by atoms with E-state index in [2.05, 4.69) is 15.9 Å². The van der Waals surface area contributed by atoms with Gasteiger partial charge in [0.05, 0.1) is 15.1 Å². The van der Waals surface area contributed by atoms with E-state index < -0.39 is 0 Å². The van der Waals surface area contributed by atoms with Crippen LogP contribution in [0.5, 0.6) is 5.75 Å². The van der Waals surface area contributed by atoms with E-state index >= 15 is 0 Å². The van der Waals surface area contributed by atoms with Crippen LogP contribution < -0.4 is 4.74 Å². The van der Waals surface area contributed by atoms with Crippen LogP contribution in [0.4, 0.5) is 0 Å². The van der Waals surface area contributed by atoms with Crippen LogP contribution in [-0.4, -0.2) is 12.9 Å². The molecular formula is C10H7BrCl2O2. The summed E-state index contributed by atoms with van der Waals surface area (Å²) in [6, 6.07) is 5.19. The molecule has 1 aromatic rings. The van der Waals surface area contributed by atoms with Gasteiger partial charge in [-0.25, -0.2) is 0 Å². The lowest BCUT2D eigenvalue weighted by atomic mass is 10.2. The van der Waals surface area contributed by atoms with Gasteiger partial charge >= 0.3 is 0 Å². The summed E-state index contributed by atoms with van der Waals surface area (Å²) in [5.74, 6) is 0.462. The zero-order valence-corrected chi connectivity index (χ0v) is 10.6. The van der Waals surface area contributed by atoms with Gasteiger partial charge in [0.2, 0.25) is 0 Å². The molecule has 0 atom stereocenters. The molecule has 0 aromatic heterocycles. The van der Waals surface area contributed by atoms with E-state index in [1.54, 1.807) is 18.2 Å². The van der Waals surface area contributed by atoms with Gasteiger partial charge in [-0.2, -0.15) is 0 Å². The summed E-state index contributed by atoms with van der Waals surface area (Å²) in [4.78, 5) is 10.7. The van der Waals surface area contributed by atoms with Gasteiger partial charge in [0.25, 0.3) is 0 Å². The Labute approximate surface area is 106 Å². The fourth-order valence-electron chi connectivity index (χ4n) is 0.943. The minimum Gasteiger partial charge on any atom is -0.486 e. The average molecular weight is 310 g/mol. The van der Waals surface area contributed by atoms with Crippen molar-refractivity contribution in [1.29, 1.82) is 0 Å². The van der Waals surface area contributed by atoms with Crippen molar-refractivity contribution in [3.05, 3.63) is 38.8 Å². The first kappa shape index (κ1) is 12.6. The highest BCUT2D eigenvalue weighted by atomic mass is 79.9. The monoisotopic (exact) mass is 308 g/mol. The average Bonchev–Trinajstić information content (AvgIpc) is 2.26. The molecule has 15 heavy (non-hydrogen) atoms. The zero-order chi connectivity index (χ0) is 11.3. The molecule has 0 unspecified atom stereocenters. The van der Waals surface area contributed by atoms with Gasteiger partial charge in [-0.1, -0.05) is 29.3 Å². The summed E-state index contributed by atoms with van der Waals surface area (Å²) < 4.78 is 6.05. The van der Waals surface area contributed by atoms with Crippen molar-refractivity contribution < 1.29 is 9.53 Å². The van der Waals surface area contributed by atoms with E-state index in [0.717, 1.165) is 6.29 Å². The van der Waals surface area contributed by atoms with E-state index in [0.29, 0.717) is 20.8 Å². The molecule has 0 radical (unpaired) electrons. The molecule has 1 rings (SSSR count). The Balaban J connectivity index is 2.88. The van der Waals surface area contributed by atoms with E-state index in [-0.39, 0.29) is 6.61 Å². The summed E-state index contributed by atoms with van der Waals surface area (Å²) in [7, 11) is 0. The van der Waals surface area contributed by atoms with Crippen molar-refractivity contribution in [3.63, 3.8) is 0 Å². The van der Waals surface area contributed by atoms with Crippen molar-refractivity contribution in [2.24, 2.45) is 0 Å². The lowest BCUT2D eigenvalue weighted by molar-refractivity contribution is 0.112. The standard InChI is InChI=1S/C10H7BrCl2O2/c11-9-3-1-2-7(5-14)10(9)15-6-8(13)4-12/h1-5H,6H2. The van der Waals surface area contributed by atoms with Gasteiger partial charge in [0, 0.05) is 5.54 Å². The number of ether oxygens (including phenoxy) is 1. The zero-order valence-electron chi connectivity index (χ0n) is 7.54. The minimum absolute atomic E-state index is 0.133. The molecule has 2 nitrogen and oxygen atoms in total. The summed E-state index contributed by atoms with van der Waals surface area (Å²) >= 11 is 14.3. The highest BCUT2D eigenvalue weighted by molar-refractivity contribution is 9.10. The maximum absolute atomic E-state index is 10.7. The highest BCUT2D eigenvalue weighted by Gasteiger charge is 2.07. The minimum atomic E-state index is 0.133. The first-order valence-corrected chi connectivity index (χ1v) is 5.61. The highest BCUT2D eigenvalue weighted by Crippen LogP contribution is 2.28. The Bertz CT molecular complexity index is 391. The van der Waals surface area contributed by atoms with Crippen LogP contribution in [0.3, 0.4) is 0 Å². The van der Waals surface area contributed by atoms with Crippen LogP contribution in [-0.2, 0) is 0 Å². The normalized spacial score (nSPS) is 11.3. The summed E-state index contributed by atoms with van der Waals surface area (Å²) in [6.45, 7) is 0.133. The van der Waals surface area contributed by atoms with E-state index in [1.165, 1.54) is 5.54 Å². The fraction of sp³-hybridized carbons (Fsp3) is 0.100. The molecule has 0 heterocycles. The number of carbonyl (C=O) groups excluding carboxylic acids is 1. The van der Waals surface area contributed by atoms with Crippen molar-refractivity contribution in [1.82, 2.24) is 0 Å². The Morgan fingerprint density at radius 3 is 2.87 bits per heavy atom.